The van der Waals surface area contributed by atoms with Crippen LogP contribution in [0.2, 0.25) is 0 Å². The van der Waals surface area contributed by atoms with Gasteiger partial charge in [-0.3, -0.25) is 0 Å². The van der Waals surface area contributed by atoms with Gasteiger partial charge in [0.15, 0.2) is 0 Å². The summed E-state index contributed by atoms with van der Waals surface area (Å²) in [4.78, 5) is 0. The van der Waals surface area contributed by atoms with Crippen molar-refractivity contribution >= 4 is 0 Å². The van der Waals surface area contributed by atoms with Gasteiger partial charge in [0.2, 0.25) is 0 Å². The average Bonchev–Trinajstić information content (AvgIpc) is 2.67. The second-order valence-electron chi connectivity index (χ2n) is 4.92. The maximum atomic E-state index is 2.43. The first kappa shape index (κ1) is 9.09. The van der Waals surface area contributed by atoms with E-state index in [1.54, 1.807) is 0 Å². The van der Waals surface area contributed by atoms with Gasteiger partial charge < -0.3 is 0 Å². The van der Waals surface area contributed by atoms with Crippen molar-refractivity contribution in [1.29, 1.82) is 0 Å². The molecule has 0 nitrogen and oxygen atoms in total. The fraction of sp³-hybridized carbons (Fsp3) is 1.00. The van der Waals surface area contributed by atoms with E-state index in [9.17, 15) is 0 Å². The zero-order chi connectivity index (χ0) is 8.32. The summed E-state index contributed by atoms with van der Waals surface area (Å²) in [5.41, 5.74) is 0.636. The third-order valence-corrected chi connectivity index (χ3v) is 2.75. The van der Waals surface area contributed by atoms with Gasteiger partial charge in [-0.25, -0.2) is 0 Å². The second kappa shape index (κ2) is 3.60. The van der Waals surface area contributed by atoms with E-state index in [0.29, 0.717) is 5.41 Å². The Morgan fingerprint density at radius 2 is 1.91 bits per heavy atom. The molecule has 0 atom stereocenters. The van der Waals surface area contributed by atoms with E-state index < -0.39 is 0 Å². The smallest absolute Gasteiger partial charge is 0.0352 e. The molecule has 66 valence electrons. The first-order chi connectivity index (χ1) is 5.14. The van der Waals surface area contributed by atoms with Crippen LogP contribution in [-0.2, 0) is 0 Å². The van der Waals surface area contributed by atoms with Crippen LogP contribution >= 0.6 is 0 Å². The van der Waals surface area contributed by atoms with Gasteiger partial charge in [-0.15, -0.1) is 0 Å². The predicted octanol–water partition coefficient (Wildman–Crippen LogP) is 4.00. The monoisotopic (exact) mass is 154 g/mol. The zero-order valence-corrected chi connectivity index (χ0v) is 8.32. The van der Waals surface area contributed by atoms with E-state index in [1.807, 2.05) is 0 Å². The van der Waals surface area contributed by atoms with Gasteiger partial charge in [0.05, 0.1) is 0 Å². The van der Waals surface area contributed by atoms with E-state index in [2.05, 4.69) is 20.8 Å². The van der Waals surface area contributed by atoms with Gasteiger partial charge in [-0.05, 0) is 24.2 Å². The molecule has 0 unspecified atom stereocenters. The first-order valence-corrected chi connectivity index (χ1v) is 5.14. The lowest BCUT2D eigenvalue weighted by Gasteiger charge is -2.24. The van der Waals surface area contributed by atoms with E-state index >= 15 is 0 Å². The number of hydrogen-bond donors (Lipinski definition) is 0. The van der Waals surface area contributed by atoms with E-state index in [0.717, 1.165) is 5.92 Å². The molecule has 1 aliphatic rings. The van der Waals surface area contributed by atoms with Crippen molar-refractivity contribution in [1.82, 2.24) is 0 Å². The molecule has 0 bridgehead atoms. The molecule has 0 amide bonds. The molecular weight excluding hydrogens is 132 g/mol. The minimum Gasteiger partial charge on any atom is -0.0654 e. The molecule has 0 saturated heterocycles. The molecule has 0 radical (unpaired) electrons. The van der Waals surface area contributed by atoms with Crippen LogP contribution in [0, 0.1) is 11.3 Å². The zero-order valence-electron chi connectivity index (χ0n) is 8.32. The van der Waals surface area contributed by atoms with Crippen molar-refractivity contribution in [2.24, 2.45) is 11.3 Å². The Balaban J connectivity index is 2.14. The molecular formula is C11H22. The predicted molar refractivity (Wildman–Crippen MR) is 50.6 cm³/mol. The van der Waals surface area contributed by atoms with Crippen LogP contribution in [0.25, 0.3) is 0 Å². The van der Waals surface area contributed by atoms with Crippen molar-refractivity contribution < 1.29 is 0 Å². The first-order valence-electron chi connectivity index (χ1n) is 5.14. The van der Waals surface area contributed by atoms with Crippen LogP contribution < -0.4 is 0 Å². The highest BCUT2D eigenvalue weighted by molar-refractivity contribution is 4.81. The van der Waals surface area contributed by atoms with E-state index in [4.69, 9.17) is 0 Å². The van der Waals surface area contributed by atoms with Crippen LogP contribution in [0.5, 0.6) is 0 Å². The topological polar surface area (TPSA) is 0 Å². The third-order valence-electron chi connectivity index (χ3n) is 2.75. The Kier molecular flexibility index (Phi) is 2.98. The Morgan fingerprint density at radius 1 is 1.27 bits per heavy atom. The Hall–Kier alpha value is 0. The minimum absolute atomic E-state index is 0.636. The molecule has 0 spiro atoms. The molecule has 0 heterocycles. The highest BCUT2D eigenvalue weighted by atomic mass is 14.3. The largest absolute Gasteiger partial charge is 0.0654 e. The quantitative estimate of drug-likeness (QED) is 0.561. The standard InChI is InChI=1S/C11H22/c1-4-5-8-11(2,3)9-10-6-7-10/h10H,4-9H2,1-3H3. The Morgan fingerprint density at radius 3 is 2.36 bits per heavy atom. The van der Waals surface area contributed by atoms with Crippen molar-refractivity contribution in [2.75, 3.05) is 0 Å². The lowest BCUT2D eigenvalue weighted by atomic mass is 9.82. The fourth-order valence-electron chi connectivity index (χ4n) is 1.86. The number of hydrogen-bond acceptors (Lipinski definition) is 0. The molecule has 11 heavy (non-hydrogen) atoms. The summed E-state index contributed by atoms with van der Waals surface area (Å²) in [5.74, 6) is 1.10. The Labute approximate surface area is 71.4 Å². The third kappa shape index (κ3) is 3.79. The van der Waals surface area contributed by atoms with Gasteiger partial charge in [0, 0.05) is 0 Å². The molecule has 1 saturated carbocycles. The van der Waals surface area contributed by atoms with Crippen LogP contribution in [-0.4, -0.2) is 0 Å². The minimum atomic E-state index is 0.636. The molecule has 1 fully saturated rings. The summed E-state index contributed by atoms with van der Waals surface area (Å²) in [5, 5.41) is 0. The molecule has 1 aliphatic carbocycles. The van der Waals surface area contributed by atoms with E-state index in [-0.39, 0.29) is 0 Å². The highest BCUT2D eigenvalue weighted by Gasteiger charge is 2.29. The number of rotatable bonds is 5. The Bertz CT molecular complexity index is 109. The molecule has 0 heteroatoms. The van der Waals surface area contributed by atoms with Crippen molar-refractivity contribution in [3.8, 4) is 0 Å². The van der Waals surface area contributed by atoms with Crippen molar-refractivity contribution in [3.63, 3.8) is 0 Å². The van der Waals surface area contributed by atoms with Crippen molar-refractivity contribution in [2.45, 2.75) is 59.3 Å². The maximum absolute atomic E-state index is 2.43. The van der Waals surface area contributed by atoms with E-state index in [1.165, 1.54) is 38.5 Å². The van der Waals surface area contributed by atoms with Crippen LogP contribution in [0.1, 0.15) is 59.3 Å². The second-order valence-corrected chi connectivity index (χ2v) is 4.92. The maximum Gasteiger partial charge on any atom is -0.0352 e. The molecule has 0 N–H and O–H groups in total. The van der Waals surface area contributed by atoms with Gasteiger partial charge in [-0.2, -0.15) is 0 Å². The van der Waals surface area contributed by atoms with Gasteiger partial charge in [0.1, 0.15) is 0 Å². The normalized spacial score (nSPS) is 18.8. The summed E-state index contributed by atoms with van der Waals surface area (Å²) in [7, 11) is 0. The van der Waals surface area contributed by atoms with Crippen LogP contribution in [0.3, 0.4) is 0 Å². The SMILES string of the molecule is CCCCC(C)(C)CC1CC1. The lowest BCUT2D eigenvalue weighted by Crippen LogP contribution is -2.11. The average molecular weight is 154 g/mol. The lowest BCUT2D eigenvalue weighted by molar-refractivity contribution is 0.281. The van der Waals surface area contributed by atoms with Gasteiger partial charge in [-0.1, -0.05) is 46.5 Å². The fourth-order valence-corrected chi connectivity index (χ4v) is 1.86. The van der Waals surface area contributed by atoms with Crippen LogP contribution in [0.15, 0.2) is 0 Å². The highest BCUT2D eigenvalue weighted by Crippen LogP contribution is 2.42. The van der Waals surface area contributed by atoms with Gasteiger partial charge in [0.25, 0.3) is 0 Å². The molecule has 0 aliphatic heterocycles. The summed E-state index contributed by atoms with van der Waals surface area (Å²) >= 11 is 0. The van der Waals surface area contributed by atoms with Crippen molar-refractivity contribution in [3.05, 3.63) is 0 Å². The summed E-state index contributed by atoms with van der Waals surface area (Å²) < 4.78 is 0. The molecule has 1 rings (SSSR count). The summed E-state index contributed by atoms with van der Waals surface area (Å²) in [6, 6.07) is 0. The van der Waals surface area contributed by atoms with Crippen LogP contribution in [0.4, 0.5) is 0 Å². The summed E-state index contributed by atoms with van der Waals surface area (Å²) in [6.07, 6.45) is 8.70. The molecule has 0 aromatic carbocycles. The summed E-state index contributed by atoms with van der Waals surface area (Å²) in [6.45, 7) is 7.15. The number of unbranched alkanes of at least 4 members (excludes halogenated alkanes) is 1. The van der Waals surface area contributed by atoms with Gasteiger partial charge >= 0.3 is 0 Å². The molecule has 0 aromatic rings. The molecule has 0 aromatic heterocycles.